The molecule has 1 aliphatic heterocycles. The molecule has 0 atom stereocenters. The molecule has 2 aromatic rings. The third kappa shape index (κ3) is 3.88. The number of carbonyl (C=O) groups is 2. The van der Waals surface area contributed by atoms with E-state index in [0.29, 0.717) is 33.7 Å². The van der Waals surface area contributed by atoms with Gasteiger partial charge in [-0.2, -0.15) is 0 Å². The molecule has 26 heavy (non-hydrogen) atoms. The van der Waals surface area contributed by atoms with Crippen molar-refractivity contribution in [3.05, 3.63) is 58.4 Å². The average Bonchev–Trinajstić information content (AvgIpc) is 3.14. The first-order valence-electron chi connectivity index (χ1n) is 8.08. The Kier molecular flexibility index (Phi) is 5.27. The summed E-state index contributed by atoms with van der Waals surface area (Å²) in [5, 5.41) is 0.533. The normalized spacial score (nSPS) is 17.3. The summed E-state index contributed by atoms with van der Waals surface area (Å²) in [5.41, 5.74) is 1.00. The second-order valence-electron chi connectivity index (χ2n) is 5.59. The SMILES string of the molecule is CCOC(=O)c1cccc(N=C2SC(=Cc3ccc(C)o3)C(=O)N2C)c1. The maximum absolute atomic E-state index is 12.4. The van der Waals surface area contributed by atoms with Crippen molar-refractivity contribution in [2.24, 2.45) is 4.99 Å². The summed E-state index contributed by atoms with van der Waals surface area (Å²) in [5.74, 6) is 0.860. The van der Waals surface area contributed by atoms with E-state index in [0.717, 1.165) is 5.76 Å². The van der Waals surface area contributed by atoms with Crippen molar-refractivity contribution in [2.45, 2.75) is 13.8 Å². The van der Waals surface area contributed by atoms with Crippen LogP contribution >= 0.6 is 11.8 Å². The van der Waals surface area contributed by atoms with Crippen molar-refractivity contribution in [2.75, 3.05) is 13.7 Å². The Bertz CT molecular complexity index is 914. The van der Waals surface area contributed by atoms with E-state index in [1.165, 1.54) is 16.7 Å². The second-order valence-corrected chi connectivity index (χ2v) is 6.60. The number of carbonyl (C=O) groups excluding carboxylic acids is 2. The maximum Gasteiger partial charge on any atom is 0.338 e. The van der Waals surface area contributed by atoms with Crippen molar-refractivity contribution in [3.63, 3.8) is 0 Å². The van der Waals surface area contributed by atoms with Gasteiger partial charge in [-0.25, -0.2) is 9.79 Å². The highest BCUT2D eigenvalue weighted by molar-refractivity contribution is 8.18. The van der Waals surface area contributed by atoms with E-state index >= 15 is 0 Å². The van der Waals surface area contributed by atoms with Gasteiger partial charge in [-0.1, -0.05) is 6.07 Å². The predicted octanol–water partition coefficient (Wildman–Crippen LogP) is 4.00. The molecule has 0 spiro atoms. The Hall–Kier alpha value is -2.80. The minimum Gasteiger partial charge on any atom is -0.462 e. The molecule has 0 radical (unpaired) electrons. The summed E-state index contributed by atoms with van der Waals surface area (Å²) in [6, 6.07) is 10.5. The Balaban J connectivity index is 1.85. The zero-order valence-electron chi connectivity index (χ0n) is 14.7. The fourth-order valence-corrected chi connectivity index (χ4v) is 3.31. The second kappa shape index (κ2) is 7.61. The number of likely N-dealkylation sites (N-methyl/N-ethyl adjacent to an activating group) is 1. The molecule has 134 valence electrons. The first kappa shape index (κ1) is 18.0. The van der Waals surface area contributed by atoms with Crippen molar-refractivity contribution in [1.82, 2.24) is 4.90 Å². The number of furan rings is 1. The first-order chi connectivity index (χ1) is 12.5. The van der Waals surface area contributed by atoms with Crippen molar-refractivity contribution in [3.8, 4) is 0 Å². The number of thioether (sulfide) groups is 1. The van der Waals surface area contributed by atoms with Gasteiger partial charge in [0.15, 0.2) is 5.17 Å². The third-order valence-corrected chi connectivity index (χ3v) is 4.68. The number of ether oxygens (including phenoxy) is 1. The van der Waals surface area contributed by atoms with Crippen molar-refractivity contribution < 1.29 is 18.7 Å². The molecule has 7 heteroatoms. The summed E-state index contributed by atoms with van der Waals surface area (Å²) in [6.07, 6.45) is 1.70. The molecule has 1 aromatic carbocycles. The quantitative estimate of drug-likeness (QED) is 0.601. The van der Waals surface area contributed by atoms with Crippen LogP contribution < -0.4 is 0 Å². The van der Waals surface area contributed by atoms with Crippen LogP contribution in [0.1, 0.15) is 28.8 Å². The van der Waals surface area contributed by atoms with Gasteiger partial charge in [0.1, 0.15) is 11.5 Å². The van der Waals surface area contributed by atoms with Gasteiger partial charge in [-0.15, -0.1) is 0 Å². The molecule has 1 fully saturated rings. The topological polar surface area (TPSA) is 72.1 Å². The molecule has 0 aliphatic carbocycles. The fraction of sp³-hybridized carbons (Fsp3) is 0.211. The van der Waals surface area contributed by atoms with Gasteiger partial charge in [0.2, 0.25) is 0 Å². The molecule has 0 N–H and O–H groups in total. The van der Waals surface area contributed by atoms with Gasteiger partial charge in [0.25, 0.3) is 5.91 Å². The minimum absolute atomic E-state index is 0.149. The molecule has 3 rings (SSSR count). The van der Waals surface area contributed by atoms with Crippen molar-refractivity contribution in [1.29, 1.82) is 0 Å². The Labute approximate surface area is 155 Å². The highest BCUT2D eigenvalue weighted by Gasteiger charge is 2.30. The number of amides is 1. The summed E-state index contributed by atoms with van der Waals surface area (Å²) >= 11 is 1.26. The third-order valence-electron chi connectivity index (χ3n) is 3.62. The Morgan fingerprint density at radius 1 is 1.35 bits per heavy atom. The van der Waals surface area contributed by atoms with E-state index in [1.54, 1.807) is 44.3 Å². The predicted molar refractivity (Wildman–Crippen MR) is 101 cm³/mol. The van der Waals surface area contributed by atoms with Crippen molar-refractivity contribution >= 4 is 40.6 Å². The number of esters is 1. The largest absolute Gasteiger partial charge is 0.462 e. The van der Waals surface area contributed by atoms with Gasteiger partial charge in [-0.05, 0) is 55.9 Å². The van der Waals surface area contributed by atoms with Crippen LogP contribution in [0.3, 0.4) is 0 Å². The van der Waals surface area contributed by atoms with E-state index in [4.69, 9.17) is 9.15 Å². The maximum atomic E-state index is 12.4. The molecule has 1 saturated heterocycles. The molecule has 6 nitrogen and oxygen atoms in total. The smallest absolute Gasteiger partial charge is 0.338 e. The van der Waals surface area contributed by atoms with E-state index in [-0.39, 0.29) is 5.91 Å². The number of nitrogens with zero attached hydrogens (tertiary/aromatic N) is 2. The molecule has 1 amide bonds. The molecule has 1 aromatic heterocycles. The van der Waals surface area contributed by atoms with Crippen LogP contribution in [0.5, 0.6) is 0 Å². The number of aryl methyl sites for hydroxylation is 1. The van der Waals surface area contributed by atoms with Gasteiger partial charge >= 0.3 is 5.97 Å². The van der Waals surface area contributed by atoms with E-state index in [2.05, 4.69) is 4.99 Å². The fourth-order valence-electron chi connectivity index (χ4n) is 2.34. The van der Waals surface area contributed by atoms with Gasteiger partial charge in [-0.3, -0.25) is 9.69 Å². The number of rotatable bonds is 4. The molecule has 0 unspecified atom stereocenters. The van der Waals surface area contributed by atoms with Crippen LogP contribution in [-0.4, -0.2) is 35.6 Å². The highest BCUT2D eigenvalue weighted by atomic mass is 32.2. The Morgan fingerprint density at radius 3 is 2.85 bits per heavy atom. The number of hydrogen-bond donors (Lipinski definition) is 0. The monoisotopic (exact) mass is 370 g/mol. The van der Waals surface area contributed by atoms with Crippen LogP contribution in [0.25, 0.3) is 6.08 Å². The zero-order valence-corrected chi connectivity index (χ0v) is 15.5. The van der Waals surface area contributed by atoms with Gasteiger partial charge in [0.05, 0.1) is 22.8 Å². The van der Waals surface area contributed by atoms with E-state index < -0.39 is 5.97 Å². The number of amidine groups is 1. The lowest BCUT2D eigenvalue weighted by molar-refractivity contribution is -0.121. The highest BCUT2D eigenvalue weighted by Crippen LogP contribution is 2.33. The lowest BCUT2D eigenvalue weighted by atomic mass is 10.2. The molecule has 0 saturated carbocycles. The van der Waals surface area contributed by atoms with Crippen LogP contribution in [0.15, 0.2) is 50.7 Å². The molecule has 1 aliphatic rings. The Morgan fingerprint density at radius 2 is 2.15 bits per heavy atom. The molecular weight excluding hydrogens is 352 g/mol. The van der Waals surface area contributed by atoms with E-state index in [1.807, 2.05) is 19.1 Å². The molecule has 0 bridgehead atoms. The lowest BCUT2D eigenvalue weighted by Crippen LogP contribution is -2.23. The average molecular weight is 370 g/mol. The van der Waals surface area contributed by atoms with Crippen LogP contribution in [0.4, 0.5) is 5.69 Å². The number of aliphatic imine (C=N–C) groups is 1. The summed E-state index contributed by atoms with van der Waals surface area (Å²) in [7, 11) is 1.66. The number of benzene rings is 1. The lowest BCUT2D eigenvalue weighted by Gasteiger charge is -2.07. The van der Waals surface area contributed by atoms with Gasteiger partial charge < -0.3 is 9.15 Å². The van der Waals surface area contributed by atoms with Crippen LogP contribution in [-0.2, 0) is 9.53 Å². The summed E-state index contributed by atoms with van der Waals surface area (Å²) in [4.78, 5) is 30.8. The minimum atomic E-state index is -0.396. The van der Waals surface area contributed by atoms with Crippen LogP contribution in [0, 0.1) is 6.92 Å². The summed E-state index contributed by atoms with van der Waals surface area (Å²) < 4.78 is 10.5. The summed E-state index contributed by atoms with van der Waals surface area (Å²) in [6.45, 7) is 3.92. The standard InChI is InChI=1S/C19H18N2O4S/c1-4-24-18(23)13-6-5-7-14(10-13)20-19-21(3)17(22)16(26-19)11-15-9-8-12(2)25-15/h5-11H,4H2,1-3H3. The zero-order chi connectivity index (χ0) is 18.7. The molecular formula is C19H18N2O4S. The van der Waals surface area contributed by atoms with Crippen LogP contribution in [0.2, 0.25) is 0 Å². The molecule has 2 heterocycles. The van der Waals surface area contributed by atoms with Gasteiger partial charge in [0, 0.05) is 13.1 Å². The first-order valence-corrected chi connectivity index (χ1v) is 8.89. The number of hydrogen-bond acceptors (Lipinski definition) is 6. The van der Waals surface area contributed by atoms with E-state index in [9.17, 15) is 9.59 Å².